The summed E-state index contributed by atoms with van der Waals surface area (Å²) in [6.07, 6.45) is 0.993. The molecule has 20 heavy (non-hydrogen) atoms. The summed E-state index contributed by atoms with van der Waals surface area (Å²) in [4.78, 5) is 25.1. The molecular formula is C13H22BrClN2O3. The second-order valence-electron chi connectivity index (χ2n) is 5.87. The zero-order valence-corrected chi connectivity index (χ0v) is 14.5. The molecule has 116 valence electrons. The van der Waals surface area contributed by atoms with E-state index in [9.17, 15) is 9.59 Å². The Morgan fingerprint density at radius 3 is 2.70 bits per heavy atom. The lowest BCUT2D eigenvalue weighted by molar-refractivity contribution is -0.121. The first-order valence-corrected chi connectivity index (χ1v) is 8.16. The summed E-state index contributed by atoms with van der Waals surface area (Å²) >= 11 is 8.90. The number of halogens is 2. The Kier molecular flexibility index (Phi) is 6.58. The number of likely N-dealkylation sites (tertiary alicyclic amines) is 1. The van der Waals surface area contributed by atoms with Gasteiger partial charge in [0.15, 0.2) is 0 Å². The first kappa shape index (κ1) is 17.6. The molecule has 0 aromatic carbocycles. The molecule has 1 rings (SSSR count). The molecule has 1 fully saturated rings. The molecule has 1 aliphatic heterocycles. The maximum absolute atomic E-state index is 11.9. The number of nitrogens with zero attached hydrogens (tertiary/aromatic N) is 1. The summed E-state index contributed by atoms with van der Waals surface area (Å²) in [7, 11) is 0. The Morgan fingerprint density at radius 2 is 2.15 bits per heavy atom. The molecule has 0 aromatic rings. The normalized spacial score (nSPS) is 20.6. The number of alkyl halides is 2. The van der Waals surface area contributed by atoms with Crippen LogP contribution in [0.4, 0.5) is 4.79 Å². The van der Waals surface area contributed by atoms with Gasteiger partial charge in [-0.3, -0.25) is 4.79 Å². The number of nitrogens with one attached hydrogen (secondary N) is 1. The monoisotopic (exact) mass is 368 g/mol. The molecule has 0 aliphatic carbocycles. The summed E-state index contributed by atoms with van der Waals surface area (Å²) in [6.45, 7) is 6.59. The van der Waals surface area contributed by atoms with E-state index in [0.29, 0.717) is 25.4 Å². The molecule has 1 aliphatic rings. The molecule has 2 amide bonds. The highest BCUT2D eigenvalue weighted by Gasteiger charge is 2.31. The molecule has 0 radical (unpaired) electrons. The van der Waals surface area contributed by atoms with Crippen LogP contribution in [0.15, 0.2) is 0 Å². The largest absolute Gasteiger partial charge is 0.444 e. The highest BCUT2D eigenvalue weighted by Crippen LogP contribution is 2.16. The third-order valence-electron chi connectivity index (χ3n) is 2.83. The maximum atomic E-state index is 11.9. The van der Waals surface area contributed by atoms with Gasteiger partial charge in [0.1, 0.15) is 5.60 Å². The minimum atomic E-state index is -0.500. The number of hydrogen-bond donors (Lipinski definition) is 1. The highest BCUT2D eigenvalue weighted by atomic mass is 79.9. The van der Waals surface area contributed by atoms with Crippen LogP contribution in [0.3, 0.4) is 0 Å². The molecule has 1 N–H and O–H groups in total. The third-order valence-corrected chi connectivity index (χ3v) is 3.93. The van der Waals surface area contributed by atoms with Gasteiger partial charge in [0.25, 0.3) is 0 Å². The van der Waals surface area contributed by atoms with E-state index in [1.165, 1.54) is 0 Å². The molecule has 0 aromatic heterocycles. The summed E-state index contributed by atoms with van der Waals surface area (Å²) in [5.41, 5.74) is -0.500. The van der Waals surface area contributed by atoms with E-state index in [1.807, 2.05) is 20.8 Å². The van der Waals surface area contributed by atoms with E-state index in [0.717, 1.165) is 6.42 Å². The summed E-state index contributed by atoms with van der Waals surface area (Å²) < 4.78 is 5.31. The SMILES string of the molecule is CC(C)(C)OC(=O)N1CC[C@@H](NC(=O)C(Br)CCCl)C1. The quantitative estimate of drug-likeness (QED) is 0.775. The Morgan fingerprint density at radius 1 is 1.50 bits per heavy atom. The molecule has 1 saturated heterocycles. The van der Waals surface area contributed by atoms with E-state index < -0.39 is 5.60 Å². The number of rotatable bonds is 4. The van der Waals surface area contributed by atoms with Gasteiger partial charge in [0.05, 0.1) is 4.83 Å². The predicted molar refractivity (Wildman–Crippen MR) is 82.4 cm³/mol. The molecule has 1 heterocycles. The van der Waals surface area contributed by atoms with Crippen molar-refractivity contribution >= 4 is 39.5 Å². The van der Waals surface area contributed by atoms with E-state index in [1.54, 1.807) is 4.90 Å². The van der Waals surface area contributed by atoms with Crippen LogP contribution in [-0.4, -0.2) is 52.3 Å². The minimum Gasteiger partial charge on any atom is -0.444 e. The van der Waals surface area contributed by atoms with Crippen molar-refractivity contribution in [2.75, 3.05) is 19.0 Å². The molecule has 1 unspecified atom stereocenters. The Labute approximate surface area is 133 Å². The highest BCUT2D eigenvalue weighted by molar-refractivity contribution is 9.10. The molecule has 7 heteroatoms. The fraction of sp³-hybridized carbons (Fsp3) is 0.846. The van der Waals surface area contributed by atoms with E-state index >= 15 is 0 Å². The topological polar surface area (TPSA) is 58.6 Å². The lowest BCUT2D eigenvalue weighted by Crippen LogP contribution is -2.42. The summed E-state index contributed by atoms with van der Waals surface area (Å²) in [5.74, 6) is 0.347. The van der Waals surface area contributed by atoms with Crippen LogP contribution in [0.1, 0.15) is 33.6 Å². The van der Waals surface area contributed by atoms with Gasteiger partial charge < -0.3 is 15.0 Å². The van der Waals surface area contributed by atoms with E-state index in [2.05, 4.69) is 21.2 Å². The van der Waals surface area contributed by atoms with Crippen LogP contribution in [0.5, 0.6) is 0 Å². The molecular weight excluding hydrogens is 348 g/mol. The van der Waals surface area contributed by atoms with Crippen molar-refractivity contribution in [1.29, 1.82) is 0 Å². The average molecular weight is 370 g/mol. The molecule has 0 spiro atoms. The first-order chi connectivity index (χ1) is 9.23. The second kappa shape index (κ2) is 7.50. The van der Waals surface area contributed by atoms with Crippen LogP contribution in [0.25, 0.3) is 0 Å². The Balaban J connectivity index is 2.40. The fourth-order valence-corrected chi connectivity index (χ4v) is 2.73. The number of carbonyl (C=O) groups is 2. The zero-order chi connectivity index (χ0) is 15.3. The van der Waals surface area contributed by atoms with Crippen LogP contribution in [0.2, 0.25) is 0 Å². The van der Waals surface area contributed by atoms with Gasteiger partial charge in [0.2, 0.25) is 5.91 Å². The molecule has 2 atom stereocenters. The Bertz CT molecular complexity index is 360. The lowest BCUT2D eigenvalue weighted by Gasteiger charge is -2.24. The second-order valence-corrected chi connectivity index (χ2v) is 7.35. The van der Waals surface area contributed by atoms with Crippen molar-refractivity contribution < 1.29 is 14.3 Å². The van der Waals surface area contributed by atoms with Gasteiger partial charge in [-0.05, 0) is 33.6 Å². The van der Waals surface area contributed by atoms with Gasteiger partial charge in [-0.15, -0.1) is 11.6 Å². The minimum absolute atomic E-state index is 0.0228. The smallest absolute Gasteiger partial charge is 0.410 e. The average Bonchev–Trinajstić information content (AvgIpc) is 2.75. The Hall–Kier alpha value is -0.490. The third kappa shape index (κ3) is 5.87. The predicted octanol–water partition coefficient (Wildman–Crippen LogP) is 2.50. The van der Waals surface area contributed by atoms with Crippen molar-refractivity contribution in [1.82, 2.24) is 10.2 Å². The number of ether oxygens (including phenoxy) is 1. The van der Waals surface area contributed by atoms with Crippen LogP contribution >= 0.6 is 27.5 Å². The first-order valence-electron chi connectivity index (χ1n) is 6.71. The van der Waals surface area contributed by atoms with Gasteiger partial charge >= 0.3 is 6.09 Å². The fourth-order valence-electron chi connectivity index (χ4n) is 1.89. The number of carbonyl (C=O) groups excluding carboxylic acids is 2. The molecule has 0 bridgehead atoms. The number of amides is 2. The van der Waals surface area contributed by atoms with Crippen LogP contribution in [0, 0.1) is 0 Å². The van der Waals surface area contributed by atoms with Crippen LogP contribution < -0.4 is 5.32 Å². The lowest BCUT2D eigenvalue weighted by atomic mass is 10.2. The summed E-state index contributed by atoms with van der Waals surface area (Å²) in [6, 6.07) is -0.0228. The standard InChI is InChI=1S/C13H22BrClN2O3/c1-13(2,3)20-12(19)17-7-5-9(8-17)16-11(18)10(14)4-6-15/h9-10H,4-8H2,1-3H3,(H,16,18)/t9-,10?/m1/s1. The van der Waals surface area contributed by atoms with Gasteiger partial charge in [-0.1, -0.05) is 15.9 Å². The summed E-state index contributed by atoms with van der Waals surface area (Å²) in [5, 5.41) is 2.92. The van der Waals surface area contributed by atoms with E-state index in [4.69, 9.17) is 16.3 Å². The molecule has 0 saturated carbocycles. The van der Waals surface area contributed by atoms with Crippen molar-refractivity contribution in [2.24, 2.45) is 0 Å². The van der Waals surface area contributed by atoms with Crippen molar-refractivity contribution in [3.8, 4) is 0 Å². The van der Waals surface area contributed by atoms with Crippen molar-refractivity contribution in [3.05, 3.63) is 0 Å². The molecule has 5 nitrogen and oxygen atoms in total. The van der Waals surface area contributed by atoms with Gasteiger partial charge in [0, 0.05) is 25.0 Å². The number of hydrogen-bond acceptors (Lipinski definition) is 3. The van der Waals surface area contributed by atoms with Gasteiger partial charge in [-0.25, -0.2) is 4.79 Å². The van der Waals surface area contributed by atoms with Gasteiger partial charge in [-0.2, -0.15) is 0 Å². The van der Waals surface area contributed by atoms with Crippen molar-refractivity contribution in [2.45, 2.75) is 50.1 Å². The zero-order valence-electron chi connectivity index (χ0n) is 12.1. The van der Waals surface area contributed by atoms with Crippen molar-refractivity contribution in [3.63, 3.8) is 0 Å². The maximum Gasteiger partial charge on any atom is 0.410 e. The van der Waals surface area contributed by atoms with Crippen LogP contribution in [-0.2, 0) is 9.53 Å². The van der Waals surface area contributed by atoms with E-state index in [-0.39, 0.29) is 22.9 Å².